The van der Waals surface area contributed by atoms with Gasteiger partial charge < -0.3 is 30.4 Å². The second kappa shape index (κ2) is 12.4. The van der Waals surface area contributed by atoms with E-state index in [9.17, 15) is 9.90 Å². The van der Waals surface area contributed by atoms with E-state index in [1.165, 1.54) is 7.11 Å². The maximum atomic E-state index is 16.3. The topological polar surface area (TPSA) is 116 Å². The molecule has 1 aliphatic carbocycles. The van der Waals surface area contributed by atoms with Crippen LogP contribution in [0.1, 0.15) is 67.1 Å². The standard InChI is InChI=1S/C32H36ClF2N3O5/c1-18-23-20(24-25(30(36)39)27(34)26(33)29(28(24)35)42-16-15-41-3)7-6-8-21(23)43-32(18,22-9-4-5-14-37-22)17-38-19-10-12-31(2,40)13-11-19/h4-9,14,18-19,38,40H,10-13,15-17H2,1-3H3,(H2,36,39)/t18-,19?,31?,32-/m0/s1. The number of hydrogen-bond donors (Lipinski definition) is 3. The van der Waals surface area contributed by atoms with Gasteiger partial charge in [-0.1, -0.05) is 36.7 Å². The Morgan fingerprint density at radius 1 is 1.19 bits per heavy atom. The fourth-order valence-corrected chi connectivity index (χ4v) is 6.43. The number of primary amides is 1. The zero-order valence-electron chi connectivity index (χ0n) is 24.4. The van der Waals surface area contributed by atoms with E-state index in [2.05, 4.69) is 10.3 Å². The largest absolute Gasteiger partial charge is 0.486 e. The minimum Gasteiger partial charge on any atom is -0.486 e. The highest BCUT2D eigenvalue weighted by Crippen LogP contribution is 2.54. The summed E-state index contributed by atoms with van der Waals surface area (Å²) in [5, 5.41) is 13.4. The van der Waals surface area contributed by atoms with Crippen molar-refractivity contribution >= 4 is 17.5 Å². The molecule has 1 amide bonds. The molecule has 8 nitrogen and oxygen atoms in total. The molecule has 2 aliphatic rings. The highest BCUT2D eigenvalue weighted by Gasteiger charge is 2.50. The van der Waals surface area contributed by atoms with Crippen molar-refractivity contribution in [3.05, 3.63) is 76.1 Å². The quantitative estimate of drug-likeness (QED) is 0.204. The SMILES string of the molecule is COCCOc1c(F)c(-c2cccc3c2[C@H](C)[C@@](CNC2CCC(C)(O)CC2)(c2ccccn2)O3)c(C(N)=O)c(F)c1Cl. The average molecular weight is 616 g/mol. The molecule has 1 saturated carbocycles. The second-order valence-electron chi connectivity index (χ2n) is 11.5. The van der Waals surface area contributed by atoms with E-state index < -0.39 is 51.0 Å². The molecular formula is C32H36ClF2N3O5. The molecule has 3 aromatic rings. The van der Waals surface area contributed by atoms with Crippen molar-refractivity contribution in [1.82, 2.24) is 10.3 Å². The van der Waals surface area contributed by atoms with Crippen LogP contribution in [-0.4, -0.2) is 54.5 Å². The molecule has 1 aliphatic heterocycles. The molecule has 1 aromatic heterocycles. The minimum atomic E-state index is -1.17. The zero-order valence-corrected chi connectivity index (χ0v) is 25.1. The predicted molar refractivity (Wildman–Crippen MR) is 159 cm³/mol. The van der Waals surface area contributed by atoms with Crippen LogP contribution in [0, 0.1) is 11.6 Å². The first-order valence-electron chi connectivity index (χ1n) is 14.3. The van der Waals surface area contributed by atoms with Crippen LogP contribution in [0.3, 0.4) is 0 Å². The molecule has 0 unspecified atom stereocenters. The summed E-state index contributed by atoms with van der Waals surface area (Å²) in [6, 6.07) is 10.7. The molecule has 43 heavy (non-hydrogen) atoms. The van der Waals surface area contributed by atoms with Gasteiger partial charge in [-0.3, -0.25) is 9.78 Å². The van der Waals surface area contributed by atoms with Crippen LogP contribution in [0.15, 0.2) is 42.6 Å². The molecule has 0 spiro atoms. The van der Waals surface area contributed by atoms with Crippen molar-refractivity contribution in [2.75, 3.05) is 26.9 Å². The molecule has 2 heterocycles. The molecule has 0 radical (unpaired) electrons. The van der Waals surface area contributed by atoms with Crippen molar-refractivity contribution in [2.24, 2.45) is 5.73 Å². The van der Waals surface area contributed by atoms with Crippen molar-refractivity contribution < 1.29 is 32.9 Å². The number of aromatic nitrogens is 1. The molecule has 11 heteroatoms. The van der Waals surface area contributed by atoms with E-state index in [-0.39, 0.29) is 30.4 Å². The van der Waals surface area contributed by atoms with E-state index in [0.717, 1.165) is 12.8 Å². The maximum absolute atomic E-state index is 16.3. The van der Waals surface area contributed by atoms with Crippen LogP contribution < -0.4 is 20.5 Å². The maximum Gasteiger partial charge on any atom is 0.252 e. The molecule has 0 saturated heterocycles. The number of carbonyl (C=O) groups excluding carboxylic acids is 1. The molecule has 4 N–H and O–H groups in total. The molecule has 1 fully saturated rings. The van der Waals surface area contributed by atoms with E-state index in [1.807, 2.05) is 32.0 Å². The Balaban J connectivity index is 1.61. The summed E-state index contributed by atoms with van der Waals surface area (Å²) in [5.41, 5.74) is 4.32. The van der Waals surface area contributed by atoms with E-state index >= 15 is 8.78 Å². The van der Waals surface area contributed by atoms with Crippen LogP contribution in [0.2, 0.25) is 5.02 Å². The summed E-state index contributed by atoms with van der Waals surface area (Å²) in [7, 11) is 1.44. The predicted octanol–water partition coefficient (Wildman–Crippen LogP) is 5.48. The van der Waals surface area contributed by atoms with Gasteiger partial charge in [0.1, 0.15) is 17.4 Å². The number of nitrogens with zero attached hydrogens (tertiary/aromatic N) is 1. The number of methoxy groups -OCH3 is 1. The molecule has 0 bridgehead atoms. The second-order valence-corrected chi connectivity index (χ2v) is 11.9. The number of hydrogen-bond acceptors (Lipinski definition) is 7. The Hall–Kier alpha value is -3.31. The number of rotatable bonds is 10. The van der Waals surface area contributed by atoms with E-state index in [0.29, 0.717) is 36.4 Å². The fourth-order valence-electron chi connectivity index (χ4n) is 6.20. The Morgan fingerprint density at radius 3 is 2.58 bits per heavy atom. The molecule has 230 valence electrons. The number of nitrogens with two attached hydrogens (primary N) is 1. The van der Waals surface area contributed by atoms with Crippen LogP contribution in [-0.2, 0) is 10.3 Å². The van der Waals surface area contributed by atoms with Crippen molar-refractivity contribution in [1.29, 1.82) is 0 Å². The third-order valence-corrected chi connectivity index (χ3v) is 8.97. The summed E-state index contributed by atoms with van der Waals surface area (Å²) < 4.78 is 49.1. The smallest absolute Gasteiger partial charge is 0.252 e. The van der Waals surface area contributed by atoms with Gasteiger partial charge in [0.2, 0.25) is 0 Å². The molecule has 5 rings (SSSR count). The normalized spacial score (nSPS) is 24.8. The summed E-state index contributed by atoms with van der Waals surface area (Å²) >= 11 is 6.14. The summed E-state index contributed by atoms with van der Waals surface area (Å²) in [6.07, 6.45) is 4.61. The first kappa shape index (κ1) is 31.1. The van der Waals surface area contributed by atoms with Crippen LogP contribution in [0.25, 0.3) is 11.1 Å². The first-order valence-corrected chi connectivity index (χ1v) is 14.7. The summed E-state index contributed by atoms with van der Waals surface area (Å²) in [4.78, 5) is 17.2. The lowest BCUT2D eigenvalue weighted by Gasteiger charge is -2.38. The number of nitrogens with one attached hydrogen (secondary N) is 1. The van der Waals surface area contributed by atoms with Gasteiger partial charge in [-0.05, 0) is 56.4 Å². The van der Waals surface area contributed by atoms with Crippen molar-refractivity contribution in [3.63, 3.8) is 0 Å². The van der Waals surface area contributed by atoms with Crippen LogP contribution >= 0.6 is 11.6 Å². The van der Waals surface area contributed by atoms with Gasteiger partial charge in [-0.2, -0.15) is 0 Å². The third kappa shape index (κ3) is 5.81. The number of carbonyl (C=O) groups is 1. The Bertz CT molecular complexity index is 1500. The van der Waals surface area contributed by atoms with Gasteiger partial charge in [0.25, 0.3) is 5.91 Å². The number of halogens is 3. The number of amides is 1. The number of benzene rings is 2. The Morgan fingerprint density at radius 2 is 1.93 bits per heavy atom. The van der Waals surface area contributed by atoms with E-state index in [4.69, 9.17) is 31.5 Å². The van der Waals surface area contributed by atoms with Gasteiger partial charge in [0.05, 0.1) is 23.5 Å². The molecule has 2 aromatic carbocycles. The lowest BCUT2D eigenvalue weighted by Crippen LogP contribution is -2.49. The average Bonchev–Trinajstić information content (AvgIpc) is 3.28. The summed E-state index contributed by atoms with van der Waals surface area (Å²) in [6.45, 7) is 4.15. The summed E-state index contributed by atoms with van der Waals surface area (Å²) in [5.74, 6) is -3.90. The third-order valence-electron chi connectivity index (χ3n) is 8.64. The highest BCUT2D eigenvalue weighted by molar-refractivity contribution is 6.33. The van der Waals surface area contributed by atoms with Gasteiger partial charge in [-0.25, -0.2) is 8.78 Å². The highest BCUT2D eigenvalue weighted by atomic mass is 35.5. The lowest BCUT2D eigenvalue weighted by molar-refractivity contribution is 0.00848. The first-order chi connectivity index (χ1) is 20.5. The monoisotopic (exact) mass is 615 g/mol. The zero-order chi connectivity index (χ0) is 30.9. The number of ether oxygens (including phenoxy) is 3. The van der Waals surface area contributed by atoms with E-state index in [1.54, 1.807) is 24.4 Å². The van der Waals surface area contributed by atoms with Crippen LogP contribution in [0.4, 0.5) is 8.78 Å². The van der Waals surface area contributed by atoms with Crippen molar-refractivity contribution in [2.45, 2.75) is 62.7 Å². The van der Waals surface area contributed by atoms with Gasteiger partial charge >= 0.3 is 0 Å². The molecule has 2 atom stereocenters. The Kier molecular flexibility index (Phi) is 8.94. The minimum absolute atomic E-state index is 0.0978. The number of aliphatic hydroxyl groups is 1. The Labute approximate surface area is 254 Å². The van der Waals surface area contributed by atoms with Gasteiger partial charge in [0, 0.05) is 42.9 Å². The lowest BCUT2D eigenvalue weighted by atomic mass is 9.78. The number of pyridine rings is 1. The number of fused-ring (bicyclic) bond motifs is 1. The van der Waals surface area contributed by atoms with Gasteiger partial charge in [0.15, 0.2) is 23.0 Å². The fraction of sp³-hybridized carbons (Fsp3) is 0.438. The van der Waals surface area contributed by atoms with Gasteiger partial charge in [-0.15, -0.1) is 0 Å². The van der Waals surface area contributed by atoms with Crippen LogP contribution in [0.5, 0.6) is 11.5 Å². The molecular weight excluding hydrogens is 580 g/mol. The van der Waals surface area contributed by atoms with Crippen molar-refractivity contribution in [3.8, 4) is 22.6 Å².